The van der Waals surface area contributed by atoms with E-state index in [1.807, 2.05) is 0 Å². The average Bonchev–Trinajstić information content (AvgIpc) is 2.45. The second-order valence-electron chi connectivity index (χ2n) is 6.15. The minimum atomic E-state index is 0.261. The van der Waals surface area contributed by atoms with Crippen molar-refractivity contribution in [1.82, 2.24) is 15.5 Å². The van der Waals surface area contributed by atoms with E-state index < -0.39 is 0 Å². The van der Waals surface area contributed by atoms with Crippen molar-refractivity contribution in [3.8, 4) is 0 Å². The molecule has 21 heavy (non-hydrogen) atoms. The number of ether oxygens (including phenoxy) is 1. The van der Waals surface area contributed by atoms with Crippen LogP contribution in [0.5, 0.6) is 0 Å². The zero-order valence-corrected chi connectivity index (χ0v) is 14.5. The van der Waals surface area contributed by atoms with E-state index in [1.54, 1.807) is 7.11 Å². The highest BCUT2D eigenvalue weighted by atomic mass is 16.5. The van der Waals surface area contributed by atoms with E-state index in [9.17, 15) is 0 Å². The third-order valence-corrected chi connectivity index (χ3v) is 4.08. The van der Waals surface area contributed by atoms with E-state index in [2.05, 4.69) is 43.2 Å². The van der Waals surface area contributed by atoms with Gasteiger partial charge in [0.05, 0.1) is 13.2 Å². The lowest BCUT2D eigenvalue weighted by atomic mass is 10.0. The second-order valence-corrected chi connectivity index (χ2v) is 6.15. The first-order chi connectivity index (χ1) is 10.1. The van der Waals surface area contributed by atoms with Gasteiger partial charge in [-0.1, -0.05) is 6.42 Å². The number of aliphatic imine (C=N–C) groups is 1. The van der Waals surface area contributed by atoms with Crippen molar-refractivity contribution in [2.75, 3.05) is 33.4 Å². The van der Waals surface area contributed by atoms with Crippen molar-refractivity contribution in [1.29, 1.82) is 0 Å². The Hall–Kier alpha value is -0.810. The number of methoxy groups -OCH3 is 1. The summed E-state index contributed by atoms with van der Waals surface area (Å²) in [6, 6.07) is 1.44. The lowest BCUT2D eigenvalue weighted by Gasteiger charge is -2.37. The third kappa shape index (κ3) is 6.66. The molecule has 0 radical (unpaired) electrons. The fourth-order valence-corrected chi connectivity index (χ4v) is 2.95. The molecule has 0 aliphatic carbocycles. The summed E-state index contributed by atoms with van der Waals surface area (Å²) in [5.41, 5.74) is 0. The van der Waals surface area contributed by atoms with Crippen LogP contribution < -0.4 is 10.6 Å². The fraction of sp³-hybridized carbons (Fsp3) is 0.938. The number of guanidine groups is 1. The number of piperidine rings is 1. The molecule has 124 valence electrons. The molecule has 1 aliphatic rings. The Morgan fingerprint density at radius 3 is 2.76 bits per heavy atom. The van der Waals surface area contributed by atoms with Gasteiger partial charge >= 0.3 is 0 Å². The van der Waals surface area contributed by atoms with Crippen LogP contribution in [0.4, 0.5) is 0 Å². The van der Waals surface area contributed by atoms with Gasteiger partial charge < -0.3 is 15.4 Å². The van der Waals surface area contributed by atoms with Crippen LogP contribution in [0.3, 0.4) is 0 Å². The molecule has 0 saturated carbocycles. The maximum absolute atomic E-state index is 5.16. The topological polar surface area (TPSA) is 48.9 Å². The molecule has 1 fully saturated rings. The lowest BCUT2D eigenvalue weighted by molar-refractivity contribution is 0.118. The minimum absolute atomic E-state index is 0.261. The summed E-state index contributed by atoms with van der Waals surface area (Å²) in [5.74, 6) is 0.888. The number of nitrogens with zero attached hydrogens (tertiary/aromatic N) is 2. The number of nitrogens with one attached hydrogen (secondary N) is 2. The van der Waals surface area contributed by atoms with Gasteiger partial charge in [-0.2, -0.15) is 0 Å². The fourth-order valence-electron chi connectivity index (χ4n) is 2.95. The van der Waals surface area contributed by atoms with Crippen molar-refractivity contribution < 1.29 is 4.74 Å². The van der Waals surface area contributed by atoms with Crippen LogP contribution in [0.15, 0.2) is 4.99 Å². The SMILES string of the molecule is CCNC(=NCC(C)N1CCCCC1C)NC(C)COC. The van der Waals surface area contributed by atoms with Crippen LogP contribution >= 0.6 is 0 Å². The molecular weight excluding hydrogens is 264 g/mol. The average molecular weight is 298 g/mol. The van der Waals surface area contributed by atoms with Gasteiger partial charge in [0.1, 0.15) is 0 Å². The highest BCUT2D eigenvalue weighted by molar-refractivity contribution is 5.80. The maximum atomic E-state index is 5.16. The summed E-state index contributed by atoms with van der Waals surface area (Å²) in [5, 5.41) is 6.69. The zero-order chi connectivity index (χ0) is 15.7. The highest BCUT2D eigenvalue weighted by Gasteiger charge is 2.22. The van der Waals surface area contributed by atoms with Gasteiger partial charge in [0, 0.05) is 31.8 Å². The summed E-state index contributed by atoms with van der Waals surface area (Å²) in [4.78, 5) is 7.33. The van der Waals surface area contributed by atoms with E-state index in [-0.39, 0.29) is 6.04 Å². The molecule has 0 aromatic carbocycles. The van der Waals surface area contributed by atoms with Crippen molar-refractivity contribution in [3.63, 3.8) is 0 Å². The number of hydrogen-bond acceptors (Lipinski definition) is 3. The predicted molar refractivity (Wildman–Crippen MR) is 89.9 cm³/mol. The van der Waals surface area contributed by atoms with E-state index in [1.165, 1.54) is 25.8 Å². The van der Waals surface area contributed by atoms with Crippen LogP contribution in [0.25, 0.3) is 0 Å². The molecule has 2 N–H and O–H groups in total. The molecule has 1 aliphatic heterocycles. The van der Waals surface area contributed by atoms with Gasteiger partial charge in [0.2, 0.25) is 0 Å². The molecule has 3 unspecified atom stereocenters. The molecule has 0 aromatic heterocycles. The van der Waals surface area contributed by atoms with Gasteiger partial charge in [-0.3, -0.25) is 9.89 Å². The molecule has 5 heteroatoms. The first-order valence-corrected chi connectivity index (χ1v) is 8.38. The zero-order valence-electron chi connectivity index (χ0n) is 14.5. The normalized spacial score (nSPS) is 23.7. The van der Waals surface area contributed by atoms with Crippen molar-refractivity contribution in [2.45, 2.75) is 65.1 Å². The lowest BCUT2D eigenvalue weighted by Crippen LogP contribution is -2.47. The van der Waals surface area contributed by atoms with Gasteiger partial charge in [0.25, 0.3) is 0 Å². The molecule has 1 rings (SSSR count). The maximum Gasteiger partial charge on any atom is 0.191 e. The molecule has 0 bridgehead atoms. The van der Waals surface area contributed by atoms with E-state index in [0.717, 1.165) is 19.0 Å². The monoisotopic (exact) mass is 298 g/mol. The Bertz CT molecular complexity index is 309. The van der Waals surface area contributed by atoms with Gasteiger partial charge in [-0.25, -0.2) is 0 Å². The predicted octanol–water partition coefficient (Wildman–Crippen LogP) is 1.84. The Kier molecular flexibility index (Phi) is 8.69. The summed E-state index contributed by atoms with van der Waals surface area (Å²) in [6.07, 6.45) is 4.01. The summed E-state index contributed by atoms with van der Waals surface area (Å²) >= 11 is 0. The standard InChI is InChI=1S/C16H34N4O/c1-6-17-16(19-13(2)12-21-5)18-11-15(4)20-10-8-7-9-14(20)3/h13-15H,6-12H2,1-5H3,(H2,17,18,19). The van der Waals surface area contributed by atoms with E-state index >= 15 is 0 Å². The first-order valence-electron chi connectivity index (χ1n) is 8.38. The molecule has 0 spiro atoms. The molecule has 5 nitrogen and oxygen atoms in total. The van der Waals surface area contributed by atoms with Crippen molar-refractivity contribution in [2.24, 2.45) is 4.99 Å². The third-order valence-electron chi connectivity index (χ3n) is 4.08. The largest absolute Gasteiger partial charge is 0.383 e. The summed E-state index contributed by atoms with van der Waals surface area (Å²) < 4.78 is 5.16. The van der Waals surface area contributed by atoms with Crippen LogP contribution in [-0.2, 0) is 4.74 Å². The van der Waals surface area contributed by atoms with Gasteiger partial charge in [-0.05, 0) is 47.1 Å². The molecule has 1 saturated heterocycles. The van der Waals surface area contributed by atoms with E-state index in [4.69, 9.17) is 9.73 Å². The van der Waals surface area contributed by atoms with Crippen LogP contribution in [-0.4, -0.2) is 62.3 Å². The van der Waals surface area contributed by atoms with Crippen molar-refractivity contribution >= 4 is 5.96 Å². The van der Waals surface area contributed by atoms with Crippen molar-refractivity contribution in [3.05, 3.63) is 0 Å². The molecule has 0 aromatic rings. The quantitative estimate of drug-likeness (QED) is 0.556. The smallest absolute Gasteiger partial charge is 0.191 e. The Morgan fingerprint density at radius 1 is 1.38 bits per heavy atom. The summed E-state index contributed by atoms with van der Waals surface area (Å²) in [6.45, 7) is 12.4. The van der Waals surface area contributed by atoms with Crippen LogP contribution in [0, 0.1) is 0 Å². The molecule has 0 amide bonds. The highest BCUT2D eigenvalue weighted by Crippen LogP contribution is 2.19. The van der Waals surface area contributed by atoms with Gasteiger partial charge in [-0.15, -0.1) is 0 Å². The Morgan fingerprint density at radius 2 is 2.14 bits per heavy atom. The van der Waals surface area contributed by atoms with E-state index in [0.29, 0.717) is 18.7 Å². The minimum Gasteiger partial charge on any atom is -0.383 e. The Labute approximate surface area is 130 Å². The molecular formula is C16H34N4O. The number of rotatable bonds is 7. The number of likely N-dealkylation sites (tertiary alicyclic amines) is 1. The van der Waals surface area contributed by atoms with Crippen LogP contribution in [0.2, 0.25) is 0 Å². The molecule has 3 atom stereocenters. The Balaban J connectivity index is 2.51. The number of hydrogen-bond donors (Lipinski definition) is 2. The van der Waals surface area contributed by atoms with Gasteiger partial charge in [0.15, 0.2) is 5.96 Å². The second kappa shape index (κ2) is 10.0. The molecule has 1 heterocycles. The van der Waals surface area contributed by atoms with Crippen LogP contribution in [0.1, 0.15) is 47.0 Å². The first kappa shape index (κ1) is 18.2. The summed E-state index contributed by atoms with van der Waals surface area (Å²) in [7, 11) is 1.72.